The SMILES string of the molecule is CCCN(c1ccccc1)C1CCCCC1. The predicted molar refractivity (Wildman–Crippen MR) is 71.0 cm³/mol. The number of hydrogen-bond acceptors (Lipinski definition) is 1. The molecule has 1 saturated carbocycles. The standard InChI is InChI=1S/C15H23N/c1-2-13-16(14-9-5-3-6-10-14)15-11-7-4-8-12-15/h3,5-6,9-10,15H,2,4,7-8,11-13H2,1H3. The first kappa shape index (κ1) is 11.5. The van der Waals surface area contributed by atoms with Crippen LogP contribution in [0, 0.1) is 0 Å². The molecule has 88 valence electrons. The van der Waals surface area contributed by atoms with Gasteiger partial charge in [-0.05, 0) is 31.4 Å². The molecule has 0 aromatic heterocycles. The van der Waals surface area contributed by atoms with Crippen LogP contribution in [0.15, 0.2) is 30.3 Å². The molecular weight excluding hydrogens is 194 g/mol. The first-order valence-electron chi connectivity index (χ1n) is 6.73. The van der Waals surface area contributed by atoms with Crippen LogP contribution in [-0.4, -0.2) is 12.6 Å². The second-order valence-electron chi connectivity index (χ2n) is 4.82. The van der Waals surface area contributed by atoms with Crippen molar-refractivity contribution in [3.63, 3.8) is 0 Å². The first-order valence-corrected chi connectivity index (χ1v) is 6.73. The number of anilines is 1. The molecule has 0 saturated heterocycles. The molecular formula is C15H23N. The summed E-state index contributed by atoms with van der Waals surface area (Å²) in [7, 11) is 0. The zero-order valence-corrected chi connectivity index (χ0v) is 10.4. The molecule has 1 nitrogen and oxygen atoms in total. The average Bonchev–Trinajstić information content (AvgIpc) is 2.38. The fraction of sp³-hybridized carbons (Fsp3) is 0.600. The molecule has 0 spiro atoms. The molecule has 1 aromatic rings. The van der Waals surface area contributed by atoms with Crippen LogP contribution < -0.4 is 4.90 Å². The van der Waals surface area contributed by atoms with Crippen LogP contribution >= 0.6 is 0 Å². The summed E-state index contributed by atoms with van der Waals surface area (Å²) in [5.41, 5.74) is 1.41. The van der Waals surface area contributed by atoms with E-state index in [2.05, 4.69) is 42.2 Å². The lowest BCUT2D eigenvalue weighted by atomic mass is 9.93. The van der Waals surface area contributed by atoms with Crippen LogP contribution in [0.4, 0.5) is 5.69 Å². The number of rotatable bonds is 4. The minimum absolute atomic E-state index is 0.788. The van der Waals surface area contributed by atoms with Gasteiger partial charge < -0.3 is 4.90 Å². The molecule has 0 amide bonds. The molecule has 0 aliphatic heterocycles. The Labute approximate surface area is 99.5 Å². The van der Waals surface area contributed by atoms with Gasteiger partial charge in [-0.2, -0.15) is 0 Å². The maximum atomic E-state index is 2.62. The highest BCUT2D eigenvalue weighted by Gasteiger charge is 2.20. The van der Waals surface area contributed by atoms with Crippen molar-refractivity contribution in [3.8, 4) is 0 Å². The van der Waals surface area contributed by atoms with Gasteiger partial charge in [-0.3, -0.25) is 0 Å². The second kappa shape index (κ2) is 5.93. The summed E-state index contributed by atoms with van der Waals surface area (Å²) in [4.78, 5) is 2.62. The van der Waals surface area contributed by atoms with Crippen molar-refractivity contribution in [3.05, 3.63) is 30.3 Å². The van der Waals surface area contributed by atoms with Gasteiger partial charge in [0.15, 0.2) is 0 Å². The summed E-state index contributed by atoms with van der Waals surface area (Å²) in [6.45, 7) is 3.48. The Hall–Kier alpha value is -0.980. The van der Waals surface area contributed by atoms with Gasteiger partial charge in [0.05, 0.1) is 0 Å². The van der Waals surface area contributed by atoms with Gasteiger partial charge in [-0.25, -0.2) is 0 Å². The topological polar surface area (TPSA) is 3.24 Å². The van der Waals surface area contributed by atoms with Crippen molar-refractivity contribution < 1.29 is 0 Å². The highest BCUT2D eigenvalue weighted by molar-refractivity contribution is 5.47. The third-order valence-electron chi connectivity index (χ3n) is 3.57. The van der Waals surface area contributed by atoms with Crippen LogP contribution in [0.5, 0.6) is 0 Å². The third kappa shape index (κ3) is 2.78. The zero-order chi connectivity index (χ0) is 11.2. The van der Waals surface area contributed by atoms with Crippen molar-refractivity contribution in [2.45, 2.75) is 51.5 Å². The number of hydrogen-bond donors (Lipinski definition) is 0. The molecule has 0 N–H and O–H groups in total. The summed E-state index contributed by atoms with van der Waals surface area (Å²) < 4.78 is 0. The molecule has 1 aliphatic carbocycles. The van der Waals surface area contributed by atoms with Crippen LogP contribution in [0.3, 0.4) is 0 Å². The van der Waals surface area contributed by atoms with Gasteiger partial charge in [0, 0.05) is 18.3 Å². The molecule has 0 unspecified atom stereocenters. The molecule has 1 aromatic carbocycles. The summed E-state index contributed by atoms with van der Waals surface area (Å²) >= 11 is 0. The first-order chi connectivity index (χ1) is 7.92. The van der Waals surface area contributed by atoms with Gasteiger partial charge in [0.1, 0.15) is 0 Å². The number of benzene rings is 1. The van der Waals surface area contributed by atoms with Gasteiger partial charge in [-0.15, -0.1) is 0 Å². The van der Waals surface area contributed by atoms with E-state index in [4.69, 9.17) is 0 Å². The van der Waals surface area contributed by atoms with E-state index in [1.54, 1.807) is 0 Å². The van der Waals surface area contributed by atoms with E-state index in [0.29, 0.717) is 0 Å². The maximum Gasteiger partial charge on any atom is 0.0368 e. The molecule has 0 heterocycles. The molecule has 16 heavy (non-hydrogen) atoms. The largest absolute Gasteiger partial charge is 0.369 e. The predicted octanol–water partition coefficient (Wildman–Crippen LogP) is 4.24. The van der Waals surface area contributed by atoms with Crippen molar-refractivity contribution in [1.29, 1.82) is 0 Å². The second-order valence-corrected chi connectivity index (χ2v) is 4.82. The van der Waals surface area contributed by atoms with Gasteiger partial charge >= 0.3 is 0 Å². The summed E-state index contributed by atoms with van der Waals surface area (Å²) in [5.74, 6) is 0. The Bertz CT molecular complexity index is 288. The fourth-order valence-corrected chi connectivity index (χ4v) is 2.78. The monoisotopic (exact) mass is 217 g/mol. The number of para-hydroxylation sites is 1. The lowest BCUT2D eigenvalue weighted by Gasteiger charge is -2.36. The highest BCUT2D eigenvalue weighted by Crippen LogP contribution is 2.27. The Morgan fingerprint density at radius 3 is 2.38 bits per heavy atom. The van der Waals surface area contributed by atoms with E-state index in [0.717, 1.165) is 6.04 Å². The van der Waals surface area contributed by atoms with E-state index in [1.807, 2.05) is 0 Å². The summed E-state index contributed by atoms with van der Waals surface area (Å²) in [6, 6.07) is 11.7. The van der Waals surface area contributed by atoms with Crippen molar-refractivity contribution in [1.82, 2.24) is 0 Å². The smallest absolute Gasteiger partial charge is 0.0368 e. The molecule has 2 rings (SSSR count). The zero-order valence-electron chi connectivity index (χ0n) is 10.4. The van der Waals surface area contributed by atoms with E-state index >= 15 is 0 Å². The van der Waals surface area contributed by atoms with Crippen molar-refractivity contribution >= 4 is 5.69 Å². The Morgan fingerprint density at radius 2 is 1.75 bits per heavy atom. The molecule has 1 fully saturated rings. The van der Waals surface area contributed by atoms with Crippen LogP contribution in [0.1, 0.15) is 45.4 Å². The fourth-order valence-electron chi connectivity index (χ4n) is 2.78. The lowest BCUT2D eigenvalue weighted by Crippen LogP contribution is -2.37. The lowest BCUT2D eigenvalue weighted by molar-refractivity contribution is 0.414. The van der Waals surface area contributed by atoms with Crippen molar-refractivity contribution in [2.75, 3.05) is 11.4 Å². The Kier molecular flexibility index (Phi) is 4.26. The third-order valence-corrected chi connectivity index (χ3v) is 3.57. The average molecular weight is 217 g/mol. The maximum absolute atomic E-state index is 2.62. The molecule has 0 bridgehead atoms. The minimum Gasteiger partial charge on any atom is -0.369 e. The highest BCUT2D eigenvalue weighted by atomic mass is 15.2. The Morgan fingerprint density at radius 1 is 1.06 bits per heavy atom. The molecule has 1 heteroatoms. The summed E-state index contributed by atoms with van der Waals surface area (Å²) in [6.07, 6.45) is 8.27. The minimum atomic E-state index is 0.788. The van der Waals surface area contributed by atoms with Gasteiger partial charge in [0.25, 0.3) is 0 Å². The van der Waals surface area contributed by atoms with Crippen LogP contribution in [0.2, 0.25) is 0 Å². The van der Waals surface area contributed by atoms with Gasteiger partial charge in [0.2, 0.25) is 0 Å². The summed E-state index contributed by atoms with van der Waals surface area (Å²) in [5, 5.41) is 0. The van der Waals surface area contributed by atoms with E-state index < -0.39 is 0 Å². The number of nitrogens with zero attached hydrogens (tertiary/aromatic N) is 1. The van der Waals surface area contributed by atoms with Crippen LogP contribution in [-0.2, 0) is 0 Å². The van der Waals surface area contributed by atoms with Crippen LogP contribution in [0.25, 0.3) is 0 Å². The molecule has 1 aliphatic rings. The quantitative estimate of drug-likeness (QED) is 0.729. The normalized spacial score (nSPS) is 17.3. The van der Waals surface area contributed by atoms with Crippen molar-refractivity contribution in [2.24, 2.45) is 0 Å². The molecule has 0 atom stereocenters. The van der Waals surface area contributed by atoms with E-state index in [9.17, 15) is 0 Å². The van der Waals surface area contributed by atoms with E-state index in [-0.39, 0.29) is 0 Å². The van der Waals surface area contributed by atoms with E-state index in [1.165, 1.54) is 50.8 Å². The molecule has 0 radical (unpaired) electrons. The Balaban J connectivity index is 2.09. The van der Waals surface area contributed by atoms with Gasteiger partial charge in [-0.1, -0.05) is 44.4 Å².